The average molecular weight is 196 g/mol. The molecule has 0 saturated carbocycles. The molecule has 0 aromatic carbocycles. The van der Waals surface area contributed by atoms with Gasteiger partial charge in [-0.15, -0.1) is 11.3 Å². The number of cyclic esters (lactones) is 2. The van der Waals surface area contributed by atoms with Crippen molar-refractivity contribution in [1.82, 2.24) is 0 Å². The van der Waals surface area contributed by atoms with Crippen LogP contribution in [0.15, 0.2) is 12.1 Å². The van der Waals surface area contributed by atoms with Crippen molar-refractivity contribution in [2.24, 2.45) is 0 Å². The molecule has 0 radical (unpaired) electrons. The van der Waals surface area contributed by atoms with Crippen molar-refractivity contribution >= 4 is 23.3 Å². The second-order valence-corrected chi connectivity index (χ2v) is 4.32. The fraction of sp³-hybridized carbons (Fsp3) is 0.333. The van der Waals surface area contributed by atoms with Crippen molar-refractivity contribution < 1.29 is 14.3 Å². The third-order valence-electron chi connectivity index (χ3n) is 1.97. The summed E-state index contributed by atoms with van der Waals surface area (Å²) in [6.45, 7) is 1.97. The first kappa shape index (κ1) is 8.44. The molecule has 13 heavy (non-hydrogen) atoms. The zero-order chi connectivity index (χ0) is 9.42. The summed E-state index contributed by atoms with van der Waals surface area (Å²) in [7, 11) is 0. The molecule has 1 aromatic rings. The van der Waals surface area contributed by atoms with Gasteiger partial charge in [-0.25, -0.2) is 0 Å². The summed E-state index contributed by atoms with van der Waals surface area (Å²) in [5, 5.41) is 0. The third kappa shape index (κ3) is 1.49. The van der Waals surface area contributed by atoms with E-state index in [2.05, 4.69) is 4.74 Å². The molecule has 1 atom stereocenters. The van der Waals surface area contributed by atoms with E-state index in [1.165, 1.54) is 11.3 Å². The normalized spacial score (nSPS) is 22.1. The summed E-state index contributed by atoms with van der Waals surface area (Å²) in [5.74, 6) is -1.18. The smallest absolute Gasteiger partial charge is 0.322 e. The summed E-state index contributed by atoms with van der Waals surface area (Å²) in [6.07, 6.45) is 0.193. The van der Waals surface area contributed by atoms with Crippen LogP contribution >= 0.6 is 11.3 Å². The lowest BCUT2D eigenvalue weighted by atomic mass is 10.1. The Balaban J connectivity index is 2.27. The zero-order valence-corrected chi connectivity index (χ0v) is 7.89. The van der Waals surface area contributed by atoms with E-state index in [0.717, 1.165) is 9.75 Å². The molecule has 1 aliphatic heterocycles. The highest BCUT2D eigenvalue weighted by molar-refractivity contribution is 7.12. The molecule has 68 valence electrons. The molecule has 1 aromatic heterocycles. The van der Waals surface area contributed by atoms with Crippen LogP contribution < -0.4 is 0 Å². The average Bonchev–Trinajstić information content (AvgIpc) is 2.58. The van der Waals surface area contributed by atoms with Crippen LogP contribution in [-0.2, 0) is 14.3 Å². The van der Waals surface area contributed by atoms with E-state index in [9.17, 15) is 9.59 Å². The van der Waals surface area contributed by atoms with Gasteiger partial charge in [0.1, 0.15) is 5.92 Å². The summed E-state index contributed by atoms with van der Waals surface area (Å²) in [5.41, 5.74) is 0. The van der Waals surface area contributed by atoms with Gasteiger partial charge in [-0.1, -0.05) is 0 Å². The van der Waals surface area contributed by atoms with Crippen molar-refractivity contribution in [3.63, 3.8) is 0 Å². The lowest BCUT2D eigenvalue weighted by Crippen LogP contribution is -2.03. The highest BCUT2D eigenvalue weighted by Crippen LogP contribution is 2.32. The van der Waals surface area contributed by atoms with Gasteiger partial charge < -0.3 is 4.74 Å². The number of aryl methyl sites for hydroxylation is 1. The minimum Gasteiger partial charge on any atom is -0.393 e. The van der Waals surface area contributed by atoms with Gasteiger partial charge in [0.25, 0.3) is 0 Å². The van der Waals surface area contributed by atoms with Crippen LogP contribution in [0.1, 0.15) is 22.1 Å². The first-order valence-corrected chi connectivity index (χ1v) is 4.79. The summed E-state index contributed by atoms with van der Waals surface area (Å²) in [4.78, 5) is 24.0. The van der Waals surface area contributed by atoms with Crippen molar-refractivity contribution in [2.45, 2.75) is 19.3 Å². The maximum Gasteiger partial charge on any atom is 0.322 e. The van der Waals surface area contributed by atoms with Crippen LogP contribution in [0.5, 0.6) is 0 Å². The van der Waals surface area contributed by atoms with Gasteiger partial charge in [-0.3, -0.25) is 9.59 Å². The molecule has 1 aliphatic rings. The molecule has 1 saturated heterocycles. The molecule has 2 heterocycles. The molecule has 2 rings (SSSR count). The van der Waals surface area contributed by atoms with Gasteiger partial charge in [-0.2, -0.15) is 0 Å². The minimum atomic E-state index is -0.416. The Morgan fingerprint density at radius 3 is 2.69 bits per heavy atom. The maximum atomic E-state index is 11.2. The fourth-order valence-corrected chi connectivity index (χ4v) is 2.30. The summed E-state index contributed by atoms with van der Waals surface area (Å²) >= 11 is 1.54. The standard InChI is InChI=1S/C9H8O3S/c1-5-2-3-7(13-5)6-4-8(10)12-9(6)11/h2-3,6H,4H2,1H3. The van der Waals surface area contributed by atoms with Crippen molar-refractivity contribution in [3.05, 3.63) is 21.9 Å². The van der Waals surface area contributed by atoms with Crippen LogP contribution in [0, 0.1) is 6.92 Å². The lowest BCUT2D eigenvalue weighted by molar-refractivity contribution is -0.152. The SMILES string of the molecule is Cc1ccc(C2CC(=O)OC2=O)s1. The molecule has 0 bridgehead atoms. The quantitative estimate of drug-likeness (QED) is 0.506. The van der Waals surface area contributed by atoms with Gasteiger partial charge in [0.15, 0.2) is 0 Å². The van der Waals surface area contributed by atoms with Crippen LogP contribution in [0.3, 0.4) is 0 Å². The largest absolute Gasteiger partial charge is 0.393 e. The predicted octanol–water partition coefficient (Wildman–Crippen LogP) is 1.61. The first-order chi connectivity index (χ1) is 6.16. The molecule has 1 fully saturated rings. The second-order valence-electron chi connectivity index (χ2n) is 3.00. The molecule has 1 unspecified atom stereocenters. The van der Waals surface area contributed by atoms with E-state index in [1.807, 2.05) is 19.1 Å². The number of carbonyl (C=O) groups is 2. The predicted molar refractivity (Wildman–Crippen MR) is 47.5 cm³/mol. The summed E-state index contributed by atoms with van der Waals surface area (Å²) in [6, 6.07) is 3.82. The maximum absolute atomic E-state index is 11.2. The second kappa shape index (κ2) is 2.96. The van der Waals surface area contributed by atoms with E-state index in [1.54, 1.807) is 0 Å². The first-order valence-electron chi connectivity index (χ1n) is 3.97. The lowest BCUT2D eigenvalue weighted by Gasteiger charge is -1.98. The van der Waals surface area contributed by atoms with E-state index < -0.39 is 11.9 Å². The zero-order valence-electron chi connectivity index (χ0n) is 7.07. The highest BCUT2D eigenvalue weighted by atomic mass is 32.1. The Morgan fingerprint density at radius 2 is 2.23 bits per heavy atom. The van der Waals surface area contributed by atoms with E-state index in [-0.39, 0.29) is 12.3 Å². The van der Waals surface area contributed by atoms with Gasteiger partial charge in [0.2, 0.25) is 0 Å². The van der Waals surface area contributed by atoms with Gasteiger partial charge in [0, 0.05) is 9.75 Å². The van der Waals surface area contributed by atoms with Crippen molar-refractivity contribution in [2.75, 3.05) is 0 Å². The molecule has 3 nitrogen and oxygen atoms in total. The number of hydrogen-bond donors (Lipinski definition) is 0. The van der Waals surface area contributed by atoms with Gasteiger partial charge in [-0.05, 0) is 19.1 Å². The summed E-state index contributed by atoms with van der Waals surface area (Å²) < 4.78 is 4.47. The van der Waals surface area contributed by atoms with Crippen molar-refractivity contribution in [3.8, 4) is 0 Å². The molecular weight excluding hydrogens is 188 g/mol. The fourth-order valence-electron chi connectivity index (χ4n) is 1.33. The number of hydrogen-bond acceptors (Lipinski definition) is 4. The Morgan fingerprint density at radius 1 is 1.46 bits per heavy atom. The van der Waals surface area contributed by atoms with Crippen LogP contribution in [0.4, 0.5) is 0 Å². The Kier molecular flexibility index (Phi) is 1.92. The Bertz CT molecular complexity index is 367. The molecule has 0 spiro atoms. The molecular formula is C9H8O3S. The van der Waals surface area contributed by atoms with Gasteiger partial charge >= 0.3 is 11.9 Å². The van der Waals surface area contributed by atoms with E-state index in [4.69, 9.17) is 0 Å². The van der Waals surface area contributed by atoms with Gasteiger partial charge in [0.05, 0.1) is 6.42 Å². The number of esters is 2. The van der Waals surface area contributed by atoms with Crippen LogP contribution in [0.2, 0.25) is 0 Å². The van der Waals surface area contributed by atoms with Crippen LogP contribution in [-0.4, -0.2) is 11.9 Å². The van der Waals surface area contributed by atoms with Crippen molar-refractivity contribution in [1.29, 1.82) is 0 Å². The topological polar surface area (TPSA) is 43.4 Å². The number of ether oxygens (including phenoxy) is 1. The minimum absolute atomic E-state index is 0.193. The highest BCUT2D eigenvalue weighted by Gasteiger charge is 2.35. The molecule has 0 N–H and O–H groups in total. The molecule has 0 amide bonds. The number of thiophene rings is 1. The van der Waals surface area contributed by atoms with E-state index in [0.29, 0.717) is 0 Å². The third-order valence-corrected chi connectivity index (χ3v) is 3.09. The molecule has 0 aliphatic carbocycles. The Hall–Kier alpha value is -1.16. The van der Waals surface area contributed by atoms with E-state index >= 15 is 0 Å². The molecule has 4 heteroatoms. The monoisotopic (exact) mass is 196 g/mol. The Labute approximate surface area is 79.3 Å². The number of rotatable bonds is 1. The van der Waals surface area contributed by atoms with Crippen LogP contribution in [0.25, 0.3) is 0 Å². The number of carbonyl (C=O) groups excluding carboxylic acids is 2.